The summed E-state index contributed by atoms with van der Waals surface area (Å²) >= 11 is 7.24. The lowest BCUT2D eigenvalue weighted by atomic mass is 10.6. The third kappa shape index (κ3) is 2.34. The highest BCUT2D eigenvalue weighted by Crippen LogP contribution is 2.17. The number of hydrogen-bond acceptors (Lipinski definition) is 3. The van der Waals surface area contributed by atoms with E-state index >= 15 is 0 Å². The number of halogens is 1. The number of hydrogen-bond donors (Lipinski definition) is 0. The summed E-state index contributed by atoms with van der Waals surface area (Å²) in [5.41, 5.74) is 1.08. The Morgan fingerprint density at radius 2 is 2.45 bits per heavy atom. The van der Waals surface area contributed by atoms with Gasteiger partial charge in [-0.15, -0.1) is 22.9 Å². The first-order valence-electron chi connectivity index (χ1n) is 3.43. The molecular formula is C7H11ClN2S. The largest absolute Gasteiger partial charge is 0.350 e. The van der Waals surface area contributed by atoms with Crippen molar-refractivity contribution in [2.24, 2.45) is 0 Å². The second-order valence-electron chi connectivity index (χ2n) is 2.38. The molecule has 0 spiro atoms. The van der Waals surface area contributed by atoms with E-state index in [-0.39, 0.29) is 0 Å². The van der Waals surface area contributed by atoms with E-state index in [4.69, 9.17) is 11.6 Å². The van der Waals surface area contributed by atoms with Crippen LogP contribution in [-0.2, 0) is 0 Å². The maximum atomic E-state index is 5.59. The Bertz CT molecular complexity index is 224. The van der Waals surface area contributed by atoms with Gasteiger partial charge in [0.25, 0.3) is 0 Å². The summed E-state index contributed by atoms with van der Waals surface area (Å²) in [5.74, 6) is 0.648. The first-order chi connectivity index (χ1) is 5.24. The van der Waals surface area contributed by atoms with Crippen molar-refractivity contribution >= 4 is 28.1 Å². The zero-order chi connectivity index (χ0) is 8.27. The van der Waals surface area contributed by atoms with Crippen molar-refractivity contribution in [2.45, 2.75) is 6.92 Å². The van der Waals surface area contributed by atoms with Crippen molar-refractivity contribution in [3.8, 4) is 0 Å². The molecule has 0 aromatic carbocycles. The molecule has 0 N–H and O–H groups in total. The molecule has 0 aliphatic rings. The van der Waals surface area contributed by atoms with Crippen molar-refractivity contribution < 1.29 is 0 Å². The Morgan fingerprint density at radius 1 is 1.73 bits per heavy atom. The van der Waals surface area contributed by atoms with Gasteiger partial charge in [-0.25, -0.2) is 4.98 Å². The van der Waals surface area contributed by atoms with E-state index in [1.54, 1.807) is 11.3 Å². The second kappa shape index (κ2) is 3.93. The van der Waals surface area contributed by atoms with E-state index in [2.05, 4.69) is 9.88 Å². The molecule has 0 bridgehead atoms. The number of rotatable bonds is 3. The minimum atomic E-state index is 0.648. The van der Waals surface area contributed by atoms with Crippen LogP contribution in [-0.4, -0.2) is 24.5 Å². The Morgan fingerprint density at radius 3 is 2.91 bits per heavy atom. The Kier molecular flexibility index (Phi) is 3.15. The van der Waals surface area contributed by atoms with Crippen LogP contribution in [0.5, 0.6) is 0 Å². The molecule has 0 aliphatic heterocycles. The summed E-state index contributed by atoms with van der Waals surface area (Å²) in [7, 11) is 2.00. The zero-order valence-electron chi connectivity index (χ0n) is 6.67. The van der Waals surface area contributed by atoms with Gasteiger partial charge in [0.05, 0.1) is 5.69 Å². The molecule has 1 rings (SSSR count). The van der Waals surface area contributed by atoms with Crippen LogP contribution in [0.25, 0.3) is 0 Å². The minimum Gasteiger partial charge on any atom is -0.350 e. The summed E-state index contributed by atoms with van der Waals surface area (Å²) in [6.45, 7) is 2.85. The monoisotopic (exact) mass is 190 g/mol. The number of aromatic nitrogens is 1. The summed E-state index contributed by atoms with van der Waals surface area (Å²) < 4.78 is 0. The van der Waals surface area contributed by atoms with E-state index < -0.39 is 0 Å². The molecule has 0 fully saturated rings. The van der Waals surface area contributed by atoms with Crippen LogP contribution in [0.3, 0.4) is 0 Å². The van der Waals surface area contributed by atoms with Crippen LogP contribution in [0.1, 0.15) is 5.69 Å². The van der Waals surface area contributed by atoms with Gasteiger partial charge in [-0.1, -0.05) is 0 Å². The van der Waals surface area contributed by atoms with Crippen molar-refractivity contribution in [2.75, 3.05) is 24.4 Å². The summed E-state index contributed by atoms with van der Waals surface area (Å²) in [5, 5.41) is 3.09. The van der Waals surface area contributed by atoms with E-state index in [1.165, 1.54) is 0 Å². The molecule has 1 aromatic rings. The molecular weight excluding hydrogens is 180 g/mol. The minimum absolute atomic E-state index is 0.648. The molecule has 0 radical (unpaired) electrons. The highest BCUT2D eigenvalue weighted by molar-refractivity contribution is 7.13. The van der Waals surface area contributed by atoms with Crippen LogP contribution >= 0.6 is 22.9 Å². The number of aryl methyl sites for hydroxylation is 1. The number of anilines is 1. The molecule has 0 amide bonds. The van der Waals surface area contributed by atoms with Crippen LogP contribution in [0.15, 0.2) is 5.38 Å². The highest BCUT2D eigenvalue weighted by Gasteiger charge is 2.02. The third-order valence-electron chi connectivity index (χ3n) is 1.35. The Hall–Kier alpha value is -0.280. The Labute approximate surface area is 75.8 Å². The zero-order valence-corrected chi connectivity index (χ0v) is 8.24. The van der Waals surface area contributed by atoms with E-state index in [9.17, 15) is 0 Å². The first kappa shape index (κ1) is 8.81. The number of nitrogens with zero attached hydrogens (tertiary/aromatic N) is 2. The van der Waals surface area contributed by atoms with Crippen LogP contribution in [0.2, 0.25) is 0 Å². The van der Waals surface area contributed by atoms with Crippen LogP contribution in [0.4, 0.5) is 5.13 Å². The maximum Gasteiger partial charge on any atom is 0.185 e. The third-order valence-corrected chi connectivity index (χ3v) is 2.60. The predicted octanol–water partition coefficient (Wildman–Crippen LogP) is 2.13. The molecule has 11 heavy (non-hydrogen) atoms. The van der Waals surface area contributed by atoms with Crippen LogP contribution < -0.4 is 4.90 Å². The molecule has 1 heterocycles. The SMILES string of the molecule is Cc1csc(N(C)CCCl)n1. The van der Waals surface area contributed by atoms with Crippen molar-refractivity contribution in [3.63, 3.8) is 0 Å². The molecule has 0 aliphatic carbocycles. The average Bonchev–Trinajstić information content (AvgIpc) is 2.36. The predicted molar refractivity (Wildman–Crippen MR) is 50.8 cm³/mol. The molecule has 0 atom stereocenters. The van der Waals surface area contributed by atoms with Gasteiger partial charge in [0, 0.05) is 24.9 Å². The van der Waals surface area contributed by atoms with Gasteiger partial charge in [0.15, 0.2) is 5.13 Å². The fourth-order valence-corrected chi connectivity index (χ4v) is 1.79. The maximum absolute atomic E-state index is 5.59. The fraction of sp³-hybridized carbons (Fsp3) is 0.571. The topological polar surface area (TPSA) is 16.1 Å². The summed E-state index contributed by atoms with van der Waals surface area (Å²) in [4.78, 5) is 6.38. The van der Waals surface area contributed by atoms with Crippen molar-refractivity contribution in [1.29, 1.82) is 0 Å². The van der Waals surface area contributed by atoms with E-state index in [1.807, 2.05) is 19.4 Å². The summed E-state index contributed by atoms with van der Waals surface area (Å²) in [6.07, 6.45) is 0. The lowest BCUT2D eigenvalue weighted by molar-refractivity contribution is 0.958. The van der Waals surface area contributed by atoms with Gasteiger partial charge in [0.1, 0.15) is 0 Å². The van der Waals surface area contributed by atoms with Crippen LogP contribution in [0, 0.1) is 6.92 Å². The van der Waals surface area contributed by atoms with Gasteiger partial charge in [-0.05, 0) is 6.92 Å². The highest BCUT2D eigenvalue weighted by atomic mass is 35.5. The number of thiazole rings is 1. The molecule has 62 valence electrons. The number of alkyl halides is 1. The normalized spacial score (nSPS) is 10.1. The molecule has 2 nitrogen and oxygen atoms in total. The second-order valence-corrected chi connectivity index (χ2v) is 3.60. The van der Waals surface area contributed by atoms with E-state index in [0.29, 0.717) is 5.88 Å². The molecule has 1 aromatic heterocycles. The lowest BCUT2D eigenvalue weighted by Crippen LogP contribution is -2.19. The van der Waals surface area contributed by atoms with E-state index in [0.717, 1.165) is 17.4 Å². The van der Waals surface area contributed by atoms with Gasteiger partial charge in [-0.2, -0.15) is 0 Å². The standard InChI is InChI=1S/C7H11ClN2S/c1-6-5-11-7(9-6)10(2)4-3-8/h5H,3-4H2,1-2H3. The molecule has 4 heteroatoms. The van der Waals surface area contributed by atoms with Crippen molar-refractivity contribution in [3.05, 3.63) is 11.1 Å². The smallest absolute Gasteiger partial charge is 0.185 e. The molecule has 0 unspecified atom stereocenters. The lowest BCUT2D eigenvalue weighted by Gasteiger charge is -2.12. The summed E-state index contributed by atoms with van der Waals surface area (Å²) in [6, 6.07) is 0. The van der Waals surface area contributed by atoms with Crippen molar-refractivity contribution in [1.82, 2.24) is 4.98 Å². The van der Waals surface area contributed by atoms with Gasteiger partial charge in [0.2, 0.25) is 0 Å². The fourth-order valence-electron chi connectivity index (χ4n) is 0.739. The van der Waals surface area contributed by atoms with Gasteiger partial charge < -0.3 is 4.90 Å². The molecule has 0 saturated carbocycles. The quantitative estimate of drug-likeness (QED) is 0.679. The van der Waals surface area contributed by atoms with Gasteiger partial charge >= 0.3 is 0 Å². The molecule has 0 saturated heterocycles. The average molecular weight is 191 g/mol. The Balaban J connectivity index is 2.60. The van der Waals surface area contributed by atoms with Gasteiger partial charge in [-0.3, -0.25) is 0 Å². The first-order valence-corrected chi connectivity index (χ1v) is 4.84.